The molecule has 1 heterocycles. The number of halogens is 1. The highest BCUT2D eigenvalue weighted by Crippen LogP contribution is 2.24. The third-order valence-corrected chi connectivity index (χ3v) is 4.38. The van der Waals surface area contributed by atoms with Crippen LogP contribution in [0.15, 0.2) is 24.3 Å². The van der Waals surface area contributed by atoms with Gasteiger partial charge in [-0.1, -0.05) is 23.7 Å². The first kappa shape index (κ1) is 14.6. The largest absolute Gasteiger partial charge is 0.491 e. The number of benzene rings is 1. The van der Waals surface area contributed by atoms with Crippen LogP contribution >= 0.6 is 11.6 Å². The molecule has 1 aromatic carbocycles. The van der Waals surface area contributed by atoms with Gasteiger partial charge < -0.3 is 10.1 Å². The average molecular weight is 283 g/mol. The molecule has 1 saturated heterocycles. The summed E-state index contributed by atoms with van der Waals surface area (Å²) in [6, 6.07) is 7.63. The molecule has 2 rings (SSSR count). The molecular formula is C15H23ClN2O. The van der Waals surface area contributed by atoms with Gasteiger partial charge in [-0.05, 0) is 38.9 Å². The zero-order chi connectivity index (χ0) is 13.7. The van der Waals surface area contributed by atoms with Gasteiger partial charge in [0.25, 0.3) is 0 Å². The first-order valence-electron chi connectivity index (χ1n) is 6.91. The Hall–Kier alpha value is -0.770. The van der Waals surface area contributed by atoms with Gasteiger partial charge in [0.1, 0.15) is 12.4 Å². The Labute approximate surface area is 120 Å². The van der Waals surface area contributed by atoms with Crippen LogP contribution in [0.25, 0.3) is 0 Å². The number of likely N-dealkylation sites (tertiary alicyclic amines) is 1. The first-order valence-corrected chi connectivity index (χ1v) is 7.29. The average Bonchev–Trinajstić information content (AvgIpc) is 2.43. The van der Waals surface area contributed by atoms with E-state index in [4.69, 9.17) is 16.3 Å². The summed E-state index contributed by atoms with van der Waals surface area (Å²) >= 11 is 6.06. The number of para-hydroxylation sites is 1. The van der Waals surface area contributed by atoms with Crippen molar-refractivity contribution in [3.05, 3.63) is 29.3 Å². The topological polar surface area (TPSA) is 24.5 Å². The molecule has 1 aliphatic heterocycles. The molecule has 0 aliphatic carbocycles. The van der Waals surface area contributed by atoms with Crippen LogP contribution < -0.4 is 10.1 Å². The summed E-state index contributed by atoms with van der Waals surface area (Å²) in [5.41, 5.74) is 0.306. The summed E-state index contributed by atoms with van der Waals surface area (Å²) in [5, 5.41) is 4.10. The van der Waals surface area contributed by atoms with Crippen molar-refractivity contribution in [2.24, 2.45) is 0 Å². The van der Waals surface area contributed by atoms with Crippen LogP contribution in [0.1, 0.15) is 19.8 Å². The van der Waals surface area contributed by atoms with E-state index in [0.717, 1.165) is 25.4 Å². The minimum Gasteiger partial charge on any atom is -0.491 e. The lowest BCUT2D eigenvalue weighted by atomic mass is 9.90. The fraction of sp³-hybridized carbons (Fsp3) is 0.600. The van der Waals surface area contributed by atoms with Crippen LogP contribution in [0.2, 0.25) is 5.02 Å². The van der Waals surface area contributed by atoms with Crippen molar-refractivity contribution in [1.82, 2.24) is 10.2 Å². The van der Waals surface area contributed by atoms with Crippen LogP contribution in [0.3, 0.4) is 0 Å². The second-order valence-corrected chi connectivity index (χ2v) is 5.84. The van der Waals surface area contributed by atoms with E-state index in [-0.39, 0.29) is 0 Å². The van der Waals surface area contributed by atoms with Crippen molar-refractivity contribution in [1.29, 1.82) is 0 Å². The molecule has 1 aliphatic rings. The zero-order valence-corrected chi connectivity index (χ0v) is 12.5. The number of nitrogens with one attached hydrogen (secondary N) is 1. The van der Waals surface area contributed by atoms with Crippen LogP contribution in [-0.2, 0) is 0 Å². The van der Waals surface area contributed by atoms with Crippen molar-refractivity contribution in [2.45, 2.75) is 25.3 Å². The van der Waals surface area contributed by atoms with Gasteiger partial charge in [0.05, 0.1) is 5.02 Å². The highest BCUT2D eigenvalue weighted by molar-refractivity contribution is 6.32. The number of hydrogen-bond acceptors (Lipinski definition) is 3. The molecule has 3 nitrogen and oxygen atoms in total. The summed E-state index contributed by atoms with van der Waals surface area (Å²) in [6.07, 6.45) is 2.38. The summed E-state index contributed by atoms with van der Waals surface area (Å²) in [5.74, 6) is 0.779. The van der Waals surface area contributed by atoms with Gasteiger partial charge in [-0.2, -0.15) is 0 Å². The lowest BCUT2D eigenvalue weighted by molar-refractivity contribution is 0.132. The Bertz CT molecular complexity index is 403. The van der Waals surface area contributed by atoms with E-state index < -0.39 is 0 Å². The monoisotopic (exact) mass is 282 g/mol. The standard InChI is InChI=1S/C15H23ClN2O/c1-15(17-2)7-9-18(10-8-15)11-12-19-14-6-4-3-5-13(14)16/h3-6,17H,7-12H2,1-2H3. The normalized spacial score (nSPS) is 19.3. The number of hydrogen-bond donors (Lipinski definition) is 1. The predicted octanol–water partition coefficient (Wildman–Crippen LogP) is 2.79. The molecule has 1 fully saturated rings. The van der Waals surface area contributed by atoms with Crippen molar-refractivity contribution in [3.63, 3.8) is 0 Å². The molecule has 1 aromatic rings. The second kappa shape index (κ2) is 6.60. The fourth-order valence-electron chi connectivity index (χ4n) is 2.37. The predicted molar refractivity (Wildman–Crippen MR) is 80.1 cm³/mol. The summed E-state index contributed by atoms with van der Waals surface area (Å²) in [6.45, 7) is 6.21. The van der Waals surface area contributed by atoms with E-state index in [0.29, 0.717) is 17.2 Å². The number of nitrogens with zero attached hydrogens (tertiary/aromatic N) is 1. The highest BCUT2D eigenvalue weighted by atomic mass is 35.5. The maximum absolute atomic E-state index is 6.06. The fourth-order valence-corrected chi connectivity index (χ4v) is 2.56. The van der Waals surface area contributed by atoms with Crippen molar-refractivity contribution in [3.8, 4) is 5.75 Å². The molecule has 106 valence electrons. The molecule has 0 spiro atoms. The van der Waals surface area contributed by atoms with Crippen LogP contribution in [-0.4, -0.2) is 43.7 Å². The third-order valence-electron chi connectivity index (χ3n) is 4.06. The van der Waals surface area contributed by atoms with Crippen molar-refractivity contribution in [2.75, 3.05) is 33.3 Å². The van der Waals surface area contributed by atoms with Gasteiger partial charge in [0.15, 0.2) is 0 Å². The summed E-state index contributed by atoms with van der Waals surface area (Å²) in [4.78, 5) is 2.45. The van der Waals surface area contributed by atoms with E-state index in [1.807, 2.05) is 24.3 Å². The Balaban J connectivity index is 1.72. The third kappa shape index (κ3) is 4.10. The Kier molecular flexibility index (Phi) is 5.08. The molecule has 1 N–H and O–H groups in total. The Morgan fingerprint density at radius 3 is 2.63 bits per heavy atom. The molecule has 0 saturated carbocycles. The van der Waals surface area contributed by atoms with Gasteiger partial charge in [0.2, 0.25) is 0 Å². The van der Waals surface area contributed by atoms with Gasteiger partial charge in [-0.3, -0.25) is 4.90 Å². The first-order chi connectivity index (χ1) is 9.13. The summed E-state index contributed by atoms with van der Waals surface area (Å²) in [7, 11) is 2.05. The number of ether oxygens (including phenoxy) is 1. The molecule has 0 radical (unpaired) electrons. The molecule has 0 amide bonds. The quantitative estimate of drug-likeness (QED) is 0.899. The lowest BCUT2D eigenvalue weighted by Crippen LogP contribution is -2.50. The Morgan fingerprint density at radius 2 is 2.00 bits per heavy atom. The minimum atomic E-state index is 0.306. The van der Waals surface area contributed by atoms with Gasteiger partial charge in [-0.25, -0.2) is 0 Å². The molecule has 0 bridgehead atoms. The Morgan fingerprint density at radius 1 is 1.32 bits per heavy atom. The van der Waals surface area contributed by atoms with E-state index in [2.05, 4.69) is 24.2 Å². The maximum Gasteiger partial charge on any atom is 0.137 e. The highest BCUT2D eigenvalue weighted by Gasteiger charge is 2.27. The molecule has 0 aromatic heterocycles. The lowest BCUT2D eigenvalue weighted by Gasteiger charge is -2.39. The van der Waals surface area contributed by atoms with Crippen molar-refractivity contribution < 1.29 is 4.74 Å². The van der Waals surface area contributed by atoms with Crippen LogP contribution in [0.5, 0.6) is 5.75 Å². The number of piperidine rings is 1. The van der Waals surface area contributed by atoms with E-state index in [1.54, 1.807) is 0 Å². The second-order valence-electron chi connectivity index (χ2n) is 5.43. The summed E-state index contributed by atoms with van der Waals surface area (Å²) < 4.78 is 5.73. The molecule has 0 unspecified atom stereocenters. The van der Waals surface area contributed by atoms with Crippen LogP contribution in [0, 0.1) is 0 Å². The van der Waals surface area contributed by atoms with Crippen LogP contribution in [0.4, 0.5) is 0 Å². The van der Waals surface area contributed by atoms with Gasteiger partial charge in [0, 0.05) is 25.2 Å². The van der Waals surface area contributed by atoms with E-state index in [9.17, 15) is 0 Å². The molecule has 4 heteroatoms. The van der Waals surface area contributed by atoms with Gasteiger partial charge >= 0.3 is 0 Å². The maximum atomic E-state index is 6.06. The molecule has 19 heavy (non-hydrogen) atoms. The molecular weight excluding hydrogens is 260 g/mol. The molecule has 0 atom stereocenters. The smallest absolute Gasteiger partial charge is 0.137 e. The van der Waals surface area contributed by atoms with Crippen molar-refractivity contribution >= 4 is 11.6 Å². The van der Waals surface area contributed by atoms with Gasteiger partial charge in [-0.15, -0.1) is 0 Å². The SMILES string of the molecule is CNC1(C)CCN(CCOc2ccccc2Cl)CC1. The van der Waals surface area contributed by atoms with E-state index >= 15 is 0 Å². The van der Waals surface area contributed by atoms with E-state index in [1.165, 1.54) is 12.8 Å². The minimum absolute atomic E-state index is 0.306. The zero-order valence-electron chi connectivity index (χ0n) is 11.8. The number of rotatable bonds is 5.